The Hall–Kier alpha value is -2.48. The number of ether oxygens (including phenoxy) is 1. The molecule has 166 valence electrons. The van der Waals surface area contributed by atoms with E-state index >= 15 is 0 Å². The van der Waals surface area contributed by atoms with Crippen LogP contribution in [0.15, 0.2) is 30.5 Å². The topological polar surface area (TPSA) is 82.6 Å². The number of carbonyl (C=O) groups excluding carboxylic acids is 2. The number of benzene rings is 1. The number of nitrogens with zero attached hydrogens (tertiary/aromatic N) is 3. The number of aromatic nitrogens is 1. The van der Waals surface area contributed by atoms with E-state index in [4.69, 9.17) is 16.3 Å². The summed E-state index contributed by atoms with van der Waals surface area (Å²) >= 11 is 6.22. The van der Waals surface area contributed by atoms with Gasteiger partial charge in [-0.2, -0.15) is 0 Å². The fourth-order valence-corrected chi connectivity index (χ4v) is 4.15. The molecule has 2 heterocycles. The second-order valence-corrected chi connectivity index (χ2v) is 8.76. The Bertz CT molecular complexity index is 966. The first kappa shape index (κ1) is 23.2. The van der Waals surface area contributed by atoms with E-state index in [0.29, 0.717) is 29.5 Å². The molecule has 1 aliphatic heterocycles. The summed E-state index contributed by atoms with van der Waals surface area (Å²) in [5, 5.41) is 14.2. The van der Waals surface area contributed by atoms with Crippen LogP contribution < -0.4 is 4.90 Å². The van der Waals surface area contributed by atoms with Crippen LogP contribution >= 0.6 is 11.6 Å². The quantitative estimate of drug-likeness (QED) is 0.236. The summed E-state index contributed by atoms with van der Waals surface area (Å²) in [7, 11) is 1.61. The number of hydroxylamine groups is 3. The number of carbonyl (C=O) groups is 2. The van der Waals surface area contributed by atoms with E-state index in [0.717, 1.165) is 35.2 Å². The van der Waals surface area contributed by atoms with Crippen molar-refractivity contribution < 1.29 is 19.0 Å². The molecular weight excluding hydrogens is 418 g/mol. The summed E-state index contributed by atoms with van der Waals surface area (Å²) in [6, 6.07) is 6.97. The molecule has 0 saturated carbocycles. The average molecular weight is 446 g/mol. The van der Waals surface area contributed by atoms with Gasteiger partial charge < -0.3 is 9.94 Å². The van der Waals surface area contributed by atoms with Crippen LogP contribution in [0.5, 0.6) is 0 Å². The number of pyridine rings is 1. The molecule has 0 bridgehead atoms. The van der Waals surface area contributed by atoms with Crippen LogP contribution in [0.3, 0.4) is 0 Å². The highest BCUT2D eigenvalue weighted by atomic mass is 35.5. The number of amides is 2. The van der Waals surface area contributed by atoms with Crippen LogP contribution in [0.25, 0.3) is 11.3 Å². The van der Waals surface area contributed by atoms with Gasteiger partial charge in [0.1, 0.15) is 6.54 Å². The summed E-state index contributed by atoms with van der Waals surface area (Å²) in [5.74, 6) is 0.470. The number of halogens is 1. The minimum atomic E-state index is -1.01. The Labute approximate surface area is 187 Å². The van der Waals surface area contributed by atoms with Crippen LogP contribution in [-0.4, -0.2) is 42.3 Å². The maximum Gasteiger partial charge on any atom is 0.423 e. The van der Waals surface area contributed by atoms with Crippen molar-refractivity contribution in [1.82, 2.24) is 4.98 Å². The highest BCUT2D eigenvalue weighted by Gasteiger charge is 2.40. The van der Waals surface area contributed by atoms with E-state index in [1.807, 2.05) is 24.3 Å². The van der Waals surface area contributed by atoms with Crippen molar-refractivity contribution in [1.29, 1.82) is 0 Å². The first-order valence-corrected chi connectivity index (χ1v) is 10.8. The van der Waals surface area contributed by atoms with E-state index < -0.39 is 10.7 Å². The van der Waals surface area contributed by atoms with Gasteiger partial charge in [0.05, 0.1) is 30.7 Å². The first-order valence-electron chi connectivity index (χ1n) is 10.4. The molecule has 3 rings (SSSR count). The third kappa shape index (κ3) is 5.06. The predicted molar refractivity (Wildman–Crippen MR) is 120 cm³/mol. The average Bonchev–Trinajstić information content (AvgIpc) is 2.73. The van der Waals surface area contributed by atoms with Gasteiger partial charge in [-0.3, -0.25) is 19.3 Å². The molecule has 0 aliphatic carbocycles. The Balaban J connectivity index is 2.07. The normalized spacial score (nSPS) is 18.3. The molecule has 0 spiro atoms. The molecule has 0 radical (unpaired) electrons. The monoisotopic (exact) mass is 445 g/mol. The molecule has 0 fully saturated rings. The zero-order valence-electron chi connectivity index (χ0n) is 18.1. The Morgan fingerprint density at radius 1 is 1.39 bits per heavy atom. The summed E-state index contributed by atoms with van der Waals surface area (Å²) in [6.07, 6.45) is 3.65. The molecule has 1 atom stereocenters. The number of hydrogen-bond donors (Lipinski definition) is 0. The summed E-state index contributed by atoms with van der Waals surface area (Å²) in [6.45, 7) is 4.83. The number of fused-ring (bicyclic) bond motifs is 1. The standard InChI is InChI=1S/C23H28ClN3O4/c1-16(2)8-9-19-20-14-27(30,10-5-11-31-15-28)23(29)26(3)21(20)13-25-22(19)17-6-4-7-18(24)12-17/h4,6-7,12-13,15-16H,5,8-11,14H2,1-3H3. The lowest BCUT2D eigenvalue weighted by atomic mass is 9.92. The molecule has 2 amide bonds. The zero-order chi connectivity index (χ0) is 22.6. The molecule has 2 aromatic rings. The highest BCUT2D eigenvalue weighted by Crippen LogP contribution is 2.38. The number of quaternary nitrogens is 1. The number of hydrogen-bond acceptors (Lipinski definition) is 5. The molecule has 1 aliphatic rings. The fraction of sp³-hybridized carbons (Fsp3) is 0.435. The summed E-state index contributed by atoms with van der Waals surface area (Å²) in [4.78, 5) is 29.3. The summed E-state index contributed by atoms with van der Waals surface area (Å²) < 4.78 is 3.69. The van der Waals surface area contributed by atoms with Crippen molar-refractivity contribution in [3.63, 3.8) is 0 Å². The van der Waals surface area contributed by atoms with Crippen molar-refractivity contribution in [2.24, 2.45) is 5.92 Å². The maximum atomic E-state index is 13.5. The molecule has 1 unspecified atom stereocenters. The van der Waals surface area contributed by atoms with E-state index in [1.165, 1.54) is 4.90 Å². The Morgan fingerprint density at radius 3 is 2.84 bits per heavy atom. The second-order valence-electron chi connectivity index (χ2n) is 8.33. The van der Waals surface area contributed by atoms with Crippen LogP contribution in [0.1, 0.15) is 37.8 Å². The SMILES string of the molecule is CC(C)CCc1c(-c2cccc(Cl)c2)ncc2c1C[N+]([O-])(CCCOC=O)C(=O)N2C. The van der Waals surface area contributed by atoms with Gasteiger partial charge in [0.2, 0.25) is 0 Å². The fourth-order valence-electron chi connectivity index (χ4n) is 3.96. The number of anilines is 1. The third-order valence-electron chi connectivity index (χ3n) is 5.60. The van der Waals surface area contributed by atoms with Crippen molar-refractivity contribution >= 4 is 29.8 Å². The lowest BCUT2D eigenvalue weighted by molar-refractivity contribution is -0.813. The van der Waals surface area contributed by atoms with Crippen molar-refractivity contribution in [3.05, 3.63) is 51.8 Å². The van der Waals surface area contributed by atoms with E-state index in [-0.39, 0.29) is 19.7 Å². The zero-order valence-corrected chi connectivity index (χ0v) is 18.9. The van der Waals surface area contributed by atoms with Gasteiger partial charge in [0.15, 0.2) is 0 Å². The molecule has 1 aromatic heterocycles. The van der Waals surface area contributed by atoms with Crippen LogP contribution in [-0.2, 0) is 22.5 Å². The van der Waals surface area contributed by atoms with Gasteiger partial charge in [-0.1, -0.05) is 37.6 Å². The smallest absolute Gasteiger partial charge is 0.423 e. The largest absolute Gasteiger partial charge is 0.624 e. The van der Waals surface area contributed by atoms with Crippen molar-refractivity contribution in [3.8, 4) is 11.3 Å². The van der Waals surface area contributed by atoms with Gasteiger partial charge in [-0.25, -0.2) is 4.79 Å². The van der Waals surface area contributed by atoms with Gasteiger partial charge in [-0.15, -0.1) is 0 Å². The lowest BCUT2D eigenvalue weighted by Gasteiger charge is -2.46. The molecule has 0 N–H and O–H groups in total. The molecule has 0 saturated heterocycles. The Morgan fingerprint density at radius 2 is 2.16 bits per heavy atom. The van der Waals surface area contributed by atoms with E-state index in [2.05, 4.69) is 18.8 Å². The number of urea groups is 1. The lowest BCUT2D eigenvalue weighted by Crippen LogP contribution is -2.57. The van der Waals surface area contributed by atoms with E-state index in [9.17, 15) is 14.8 Å². The number of rotatable bonds is 9. The predicted octanol–water partition coefficient (Wildman–Crippen LogP) is 4.94. The van der Waals surface area contributed by atoms with Crippen LogP contribution in [0.2, 0.25) is 5.02 Å². The van der Waals surface area contributed by atoms with Gasteiger partial charge in [0.25, 0.3) is 6.47 Å². The Kier molecular flexibility index (Phi) is 7.30. The van der Waals surface area contributed by atoms with Crippen molar-refractivity contribution in [2.45, 2.75) is 39.7 Å². The second kappa shape index (κ2) is 9.77. The van der Waals surface area contributed by atoms with Gasteiger partial charge in [-0.05, 0) is 36.5 Å². The van der Waals surface area contributed by atoms with Gasteiger partial charge in [0, 0.05) is 29.6 Å². The molecular formula is C23H28ClN3O4. The third-order valence-corrected chi connectivity index (χ3v) is 5.84. The first-order chi connectivity index (χ1) is 14.8. The maximum absolute atomic E-state index is 13.5. The van der Waals surface area contributed by atoms with Crippen LogP contribution in [0.4, 0.5) is 10.5 Å². The summed E-state index contributed by atoms with van der Waals surface area (Å²) in [5.41, 5.74) is 4.18. The molecule has 1 aromatic carbocycles. The highest BCUT2D eigenvalue weighted by molar-refractivity contribution is 6.30. The van der Waals surface area contributed by atoms with Gasteiger partial charge >= 0.3 is 6.03 Å². The minimum Gasteiger partial charge on any atom is -0.624 e. The van der Waals surface area contributed by atoms with E-state index in [1.54, 1.807) is 13.2 Å². The minimum absolute atomic E-state index is 0.0309. The van der Waals surface area contributed by atoms with Crippen LogP contribution in [0, 0.1) is 11.1 Å². The van der Waals surface area contributed by atoms with Crippen molar-refractivity contribution in [2.75, 3.05) is 25.1 Å². The molecule has 7 nitrogen and oxygen atoms in total. The molecule has 31 heavy (non-hydrogen) atoms. The molecule has 8 heteroatoms.